The molecule has 76 valence electrons. The third kappa shape index (κ3) is 1.78. The Labute approximate surface area is 81.5 Å². The van der Waals surface area contributed by atoms with Gasteiger partial charge in [-0.25, -0.2) is 4.98 Å². The number of pyridine rings is 1. The molecule has 1 aromatic heterocycles. The highest BCUT2D eigenvalue weighted by molar-refractivity contribution is 5.46. The molecule has 2 rings (SSSR count). The smallest absolute Gasteiger partial charge is 0.237 e. The highest BCUT2D eigenvalue weighted by Gasteiger charge is 2.28. The second kappa shape index (κ2) is 3.81. The number of hydrogen-bond acceptors (Lipinski definition) is 5. The topological polar surface area (TPSA) is 77.6 Å². The van der Waals surface area contributed by atoms with E-state index in [2.05, 4.69) is 4.98 Å². The molecule has 0 aliphatic carbocycles. The van der Waals surface area contributed by atoms with Crippen LogP contribution in [0, 0.1) is 0 Å². The number of rotatable bonds is 2. The van der Waals surface area contributed by atoms with E-state index in [1.165, 1.54) is 0 Å². The van der Waals surface area contributed by atoms with Gasteiger partial charge in [0.2, 0.25) is 5.88 Å². The SMILES string of the molecule is Nc1cccnc1O[C@H]1COC[C@H]1O. The summed E-state index contributed by atoms with van der Waals surface area (Å²) in [5.41, 5.74) is 6.10. The van der Waals surface area contributed by atoms with Crippen LogP contribution in [0.3, 0.4) is 0 Å². The average molecular weight is 196 g/mol. The molecule has 0 amide bonds. The lowest BCUT2D eigenvalue weighted by molar-refractivity contribution is 0.0709. The predicted octanol–water partition coefficient (Wildman–Crippen LogP) is -0.198. The van der Waals surface area contributed by atoms with Crippen LogP contribution in [0.4, 0.5) is 5.69 Å². The zero-order chi connectivity index (χ0) is 9.97. The fourth-order valence-electron chi connectivity index (χ4n) is 1.28. The minimum atomic E-state index is -0.601. The lowest BCUT2D eigenvalue weighted by atomic mass is 10.2. The molecule has 1 fully saturated rings. The van der Waals surface area contributed by atoms with E-state index in [4.69, 9.17) is 15.2 Å². The zero-order valence-corrected chi connectivity index (χ0v) is 7.59. The first-order valence-electron chi connectivity index (χ1n) is 4.40. The molecule has 5 nitrogen and oxygen atoms in total. The monoisotopic (exact) mass is 196 g/mol. The zero-order valence-electron chi connectivity index (χ0n) is 7.59. The van der Waals surface area contributed by atoms with E-state index in [0.717, 1.165) is 0 Å². The molecule has 1 aromatic rings. The number of aliphatic hydroxyl groups is 1. The van der Waals surface area contributed by atoms with Gasteiger partial charge >= 0.3 is 0 Å². The van der Waals surface area contributed by atoms with Gasteiger partial charge in [0.1, 0.15) is 6.10 Å². The standard InChI is InChI=1S/C9H12N2O3/c10-6-2-1-3-11-9(6)14-8-5-13-4-7(8)12/h1-3,7-8,12H,4-5,10H2/t7-,8+/m1/s1. The van der Waals surface area contributed by atoms with Gasteiger partial charge in [0.25, 0.3) is 0 Å². The molecule has 3 N–H and O–H groups in total. The van der Waals surface area contributed by atoms with E-state index in [1.54, 1.807) is 18.3 Å². The van der Waals surface area contributed by atoms with Gasteiger partial charge in [-0.2, -0.15) is 0 Å². The quantitative estimate of drug-likeness (QED) is 0.685. The van der Waals surface area contributed by atoms with Crippen LogP contribution in [0.1, 0.15) is 0 Å². The summed E-state index contributed by atoms with van der Waals surface area (Å²) in [6.45, 7) is 0.675. The number of aromatic nitrogens is 1. The van der Waals surface area contributed by atoms with Gasteiger partial charge in [0.15, 0.2) is 6.10 Å². The summed E-state index contributed by atoms with van der Waals surface area (Å²) in [6, 6.07) is 3.42. The van der Waals surface area contributed by atoms with Crippen molar-refractivity contribution in [2.24, 2.45) is 0 Å². The van der Waals surface area contributed by atoms with E-state index in [0.29, 0.717) is 24.8 Å². The molecule has 2 heterocycles. The number of nitrogens with two attached hydrogens (primary N) is 1. The Balaban J connectivity index is 2.07. The van der Waals surface area contributed by atoms with Crippen molar-refractivity contribution >= 4 is 5.69 Å². The fourth-order valence-corrected chi connectivity index (χ4v) is 1.28. The Morgan fingerprint density at radius 3 is 3.07 bits per heavy atom. The predicted molar refractivity (Wildman–Crippen MR) is 49.9 cm³/mol. The normalized spacial score (nSPS) is 26.4. The number of aliphatic hydroxyl groups excluding tert-OH is 1. The van der Waals surface area contributed by atoms with Crippen LogP contribution < -0.4 is 10.5 Å². The van der Waals surface area contributed by atoms with E-state index in [-0.39, 0.29) is 6.10 Å². The Morgan fingerprint density at radius 1 is 1.57 bits per heavy atom. The Kier molecular flexibility index (Phi) is 2.51. The van der Waals surface area contributed by atoms with Crippen LogP contribution in [-0.4, -0.2) is 35.5 Å². The van der Waals surface area contributed by atoms with E-state index in [1.807, 2.05) is 0 Å². The summed E-state index contributed by atoms with van der Waals surface area (Å²) in [6.07, 6.45) is 0.622. The van der Waals surface area contributed by atoms with Crippen LogP contribution in [0.2, 0.25) is 0 Å². The van der Waals surface area contributed by atoms with E-state index in [9.17, 15) is 5.11 Å². The Hall–Kier alpha value is -1.33. The molecule has 0 aromatic carbocycles. The first-order valence-corrected chi connectivity index (χ1v) is 4.40. The van der Waals surface area contributed by atoms with Gasteiger partial charge in [0.05, 0.1) is 18.9 Å². The van der Waals surface area contributed by atoms with Crippen molar-refractivity contribution < 1.29 is 14.6 Å². The molecule has 0 unspecified atom stereocenters. The third-order valence-electron chi connectivity index (χ3n) is 2.06. The van der Waals surface area contributed by atoms with E-state index >= 15 is 0 Å². The van der Waals surface area contributed by atoms with Crippen molar-refractivity contribution in [2.45, 2.75) is 12.2 Å². The van der Waals surface area contributed by atoms with Crippen molar-refractivity contribution in [3.63, 3.8) is 0 Å². The number of ether oxygens (including phenoxy) is 2. The first-order chi connectivity index (χ1) is 6.77. The fraction of sp³-hybridized carbons (Fsp3) is 0.444. The molecule has 14 heavy (non-hydrogen) atoms. The number of hydrogen-bond donors (Lipinski definition) is 2. The Bertz CT molecular complexity index is 319. The molecular weight excluding hydrogens is 184 g/mol. The van der Waals surface area contributed by atoms with Crippen LogP contribution in [-0.2, 0) is 4.74 Å². The van der Waals surface area contributed by atoms with Gasteiger partial charge in [0, 0.05) is 6.20 Å². The van der Waals surface area contributed by atoms with E-state index < -0.39 is 6.10 Å². The second-order valence-corrected chi connectivity index (χ2v) is 3.16. The summed E-state index contributed by atoms with van der Waals surface area (Å²) in [5.74, 6) is 0.349. The number of nitrogen functional groups attached to an aromatic ring is 1. The molecular formula is C9H12N2O3. The third-order valence-corrected chi connectivity index (χ3v) is 2.06. The molecule has 5 heteroatoms. The van der Waals surface area contributed by atoms with Crippen LogP contribution in [0.25, 0.3) is 0 Å². The molecule has 1 saturated heterocycles. The average Bonchev–Trinajstić information content (AvgIpc) is 2.56. The van der Waals surface area contributed by atoms with Crippen LogP contribution in [0.5, 0.6) is 5.88 Å². The molecule has 0 spiro atoms. The van der Waals surface area contributed by atoms with Crippen molar-refractivity contribution in [3.05, 3.63) is 18.3 Å². The minimum absolute atomic E-state index is 0.303. The minimum Gasteiger partial charge on any atom is -0.468 e. The first kappa shape index (κ1) is 9.23. The van der Waals surface area contributed by atoms with Crippen molar-refractivity contribution in [1.82, 2.24) is 4.98 Å². The molecule has 0 bridgehead atoms. The number of nitrogens with zero attached hydrogens (tertiary/aromatic N) is 1. The van der Waals surface area contributed by atoms with Crippen molar-refractivity contribution in [2.75, 3.05) is 18.9 Å². The van der Waals surface area contributed by atoms with Gasteiger partial charge in [-0.3, -0.25) is 0 Å². The molecule has 1 aliphatic heterocycles. The van der Waals surface area contributed by atoms with Gasteiger partial charge < -0.3 is 20.3 Å². The highest BCUT2D eigenvalue weighted by atomic mass is 16.6. The van der Waals surface area contributed by atoms with Crippen molar-refractivity contribution in [3.8, 4) is 5.88 Å². The van der Waals surface area contributed by atoms with Gasteiger partial charge in [-0.1, -0.05) is 0 Å². The molecule has 2 atom stereocenters. The summed E-state index contributed by atoms with van der Waals surface area (Å²) < 4.78 is 10.4. The van der Waals surface area contributed by atoms with Crippen LogP contribution >= 0.6 is 0 Å². The lowest BCUT2D eigenvalue weighted by Crippen LogP contribution is -2.30. The maximum atomic E-state index is 9.42. The highest BCUT2D eigenvalue weighted by Crippen LogP contribution is 2.20. The summed E-state index contributed by atoms with van der Waals surface area (Å²) in [4.78, 5) is 3.96. The van der Waals surface area contributed by atoms with Gasteiger partial charge in [-0.15, -0.1) is 0 Å². The summed E-state index contributed by atoms with van der Waals surface area (Å²) >= 11 is 0. The van der Waals surface area contributed by atoms with Gasteiger partial charge in [-0.05, 0) is 12.1 Å². The largest absolute Gasteiger partial charge is 0.468 e. The van der Waals surface area contributed by atoms with Crippen LogP contribution in [0.15, 0.2) is 18.3 Å². The second-order valence-electron chi connectivity index (χ2n) is 3.16. The summed E-state index contributed by atoms with van der Waals surface area (Å²) in [5, 5.41) is 9.42. The maximum Gasteiger partial charge on any atom is 0.237 e. The maximum absolute atomic E-state index is 9.42. The molecule has 0 saturated carbocycles. The summed E-state index contributed by atoms with van der Waals surface area (Å²) in [7, 11) is 0. The van der Waals surface area contributed by atoms with Crippen molar-refractivity contribution in [1.29, 1.82) is 0 Å². The molecule has 0 radical (unpaired) electrons. The number of anilines is 1. The molecule has 1 aliphatic rings. The Morgan fingerprint density at radius 2 is 2.43 bits per heavy atom. The lowest BCUT2D eigenvalue weighted by Gasteiger charge is -2.15.